The minimum Gasteiger partial charge on any atom is -0.380 e. The third-order valence-corrected chi connectivity index (χ3v) is 3.04. The van der Waals surface area contributed by atoms with Crippen molar-refractivity contribution < 1.29 is 14.3 Å². The number of nitrogens with one attached hydrogen (secondary N) is 2. The van der Waals surface area contributed by atoms with Crippen molar-refractivity contribution in [2.24, 2.45) is 5.73 Å². The highest BCUT2D eigenvalue weighted by Crippen LogP contribution is 2.20. The summed E-state index contributed by atoms with van der Waals surface area (Å²) in [6, 6.07) is 6.50. The third kappa shape index (κ3) is 6.27. The molecule has 0 aliphatic rings. The highest BCUT2D eigenvalue weighted by atomic mass is 16.5. The average Bonchev–Trinajstić information content (AvgIpc) is 2.43. The lowest BCUT2D eigenvalue weighted by atomic mass is 9.98. The van der Waals surface area contributed by atoms with Gasteiger partial charge in [0.2, 0.25) is 5.91 Å². The number of carbonyl (C=O) groups excluding carboxylic acids is 2. The number of rotatable bonds is 8. The average molecular weight is 293 g/mol. The number of amides is 3. The maximum Gasteiger partial charge on any atom is 0.312 e. The van der Waals surface area contributed by atoms with E-state index >= 15 is 0 Å². The quantitative estimate of drug-likeness (QED) is 0.630. The molecule has 1 aromatic rings. The van der Waals surface area contributed by atoms with E-state index in [1.807, 2.05) is 38.1 Å². The monoisotopic (exact) mass is 293 g/mol. The summed E-state index contributed by atoms with van der Waals surface area (Å²) in [6.07, 6.45) is 0.139. The van der Waals surface area contributed by atoms with Gasteiger partial charge in [-0.15, -0.1) is 0 Å². The zero-order valence-corrected chi connectivity index (χ0v) is 12.5. The summed E-state index contributed by atoms with van der Waals surface area (Å²) < 4.78 is 5.15. The summed E-state index contributed by atoms with van der Waals surface area (Å²) >= 11 is 0. The summed E-state index contributed by atoms with van der Waals surface area (Å²) in [7, 11) is 0. The lowest BCUT2D eigenvalue weighted by Gasteiger charge is -2.19. The number of carbonyl (C=O) groups is 2. The van der Waals surface area contributed by atoms with Crippen LogP contribution in [0.3, 0.4) is 0 Å². The molecule has 0 saturated carbocycles. The molecule has 0 spiro atoms. The second kappa shape index (κ2) is 8.97. The van der Waals surface area contributed by atoms with Crippen LogP contribution in [0, 0.1) is 6.92 Å². The molecule has 1 aromatic carbocycles. The van der Waals surface area contributed by atoms with E-state index in [1.165, 1.54) is 0 Å². The smallest absolute Gasteiger partial charge is 0.312 e. The Hall–Kier alpha value is -2.08. The number of urea groups is 1. The Kier molecular flexibility index (Phi) is 7.25. The molecule has 1 unspecified atom stereocenters. The van der Waals surface area contributed by atoms with Crippen molar-refractivity contribution in [3.63, 3.8) is 0 Å². The summed E-state index contributed by atoms with van der Waals surface area (Å²) in [5, 5.41) is 5.37. The molecular weight excluding hydrogens is 270 g/mol. The van der Waals surface area contributed by atoms with Crippen LogP contribution in [0.1, 0.15) is 30.5 Å². The molecule has 0 aromatic heterocycles. The molecule has 0 aliphatic carbocycles. The number of nitrogens with two attached hydrogens (primary N) is 1. The van der Waals surface area contributed by atoms with Crippen molar-refractivity contribution in [3.05, 3.63) is 35.4 Å². The lowest BCUT2D eigenvalue weighted by Crippen LogP contribution is -2.37. The van der Waals surface area contributed by atoms with Gasteiger partial charge in [-0.2, -0.15) is 0 Å². The van der Waals surface area contributed by atoms with Crippen LogP contribution in [0.5, 0.6) is 0 Å². The molecule has 1 rings (SSSR count). The number of hydrogen-bond donors (Lipinski definition) is 3. The first-order chi connectivity index (χ1) is 10.0. The van der Waals surface area contributed by atoms with Crippen LogP contribution in [-0.2, 0) is 9.53 Å². The molecule has 0 radical (unpaired) electrons. The van der Waals surface area contributed by atoms with Crippen LogP contribution >= 0.6 is 0 Å². The first-order valence-electron chi connectivity index (χ1n) is 7.00. The van der Waals surface area contributed by atoms with Gasteiger partial charge in [-0.3, -0.25) is 4.79 Å². The van der Waals surface area contributed by atoms with E-state index in [1.54, 1.807) is 0 Å². The highest BCUT2D eigenvalue weighted by Gasteiger charge is 2.18. The number of benzene rings is 1. The summed E-state index contributed by atoms with van der Waals surface area (Å²) in [5.74, 6) is -0.156. The molecule has 21 heavy (non-hydrogen) atoms. The zero-order chi connectivity index (χ0) is 15.7. The van der Waals surface area contributed by atoms with Crippen molar-refractivity contribution in [2.45, 2.75) is 26.3 Å². The summed E-state index contributed by atoms with van der Waals surface area (Å²) in [6.45, 7) is 5.36. The van der Waals surface area contributed by atoms with Crippen molar-refractivity contribution in [2.75, 3.05) is 19.8 Å². The van der Waals surface area contributed by atoms with E-state index in [0.717, 1.165) is 11.1 Å². The Labute approximate surface area is 125 Å². The first kappa shape index (κ1) is 17.0. The van der Waals surface area contributed by atoms with Gasteiger partial charge in [0.05, 0.1) is 19.1 Å². The minimum atomic E-state index is -0.648. The molecule has 4 N–H and O–H groups in total. The van der Waals surface area contributed by atoms with Gasteiger partial charge >= 0.3 is 6.03 Å². The van der Waals surface area contributed by atoms with E-state index in [0.29, 0.717) is 19.8 Å². The number of hydrogen-bond acceptors (Lipinski definition) is 3. The molecule has 116 valence electrons. The van der Waals surface area contributed by atoms with Gasteiger partial charge in [-0.05, 0) is 25.0 Å². The number of aryl methyl sites for hydroxylation is 1. The Morgan fingerprint density at radius 3 is 2.67 bits per heavy atom. The summed E-state index contributed by atoms with van der Waals surface area (Å²) in [5.41, 5.74) is 7.08. The zero-order valence-electron chi connectivity index (χ0n) is 12.5. The van der Waals surface area contributed by atoms with Crippen molar-refractivity contribution >= 4 is 11.9 Å². The fourth-order valence-corrected chi connectivity index (χ4v) is 2.05. The lowest BCUT2D eigenvalue weighted by molar-refractivity contribution is -0.121. The van der Waals surface area contributed by atoms with Crippen LogP contribution < -0.4 is 16.4 Å². The van der Waals surface area contributed by atoms with Crippen LogP contribution in [0.15, 0.2) is 24.3 Å². The minimum absolute atomic E-state index is 0.139. The topological polar surface area (TPSA) is 93.4 Å². The van der Waals surface area contributed by atoms with Crippen LogP contribution in [0.2, 0.25) is 0 Å². The predicted molar refractivity (Wildman–Crippen MR) is 80.8 cm³/mol. The Morgan fingerprint density at radius 2 is 2.05 bits per heavy atom. The van der Waals surface area contributed by atoms with Gasteiger partial charge < -0.3 is 21.1 Å². The van der Waals surface area contributed by atoms with E-state index in [9.17, 15) is 9.59 Å². The number of primary amides is 1. The van der Waals surface area contributed by atoms with E-state index < -0.39 is 12.1 Å². The molecule has 6 heteroatoms. The van der Waals surface area contributed by atoms with Gasteiger partial charge in [0.1, 0.15) is 0 Å². The third-order valence-electron chi connectivity index (χ3n) is 3.04. The molecule has 0 fully saturated rings. The van der Waals surface area contributed by atoms with Gasteiger partial charge in [0.15, 0.2) is 0 Å². The predicted octanol–water partition coefficient (Wildman–Crippen LogP) is 1.25. The Balaban J connectivity index is 2.64. The van der Waals surface area contributed by atoms with E-state index in [4.69, 9.17) is 10.5 Å². The van der Waals surface area contributed by atoms with Crippen molar-refractivity contribution in [3.8, 4) is 0 Å². The van der Waals surface area contributed by atoms with Crippen LogP contribution in [0.25, 0.3) is 0 Å². The van der Waals surface area contributed by atoms with Gasteiger partial charge in [0.25, 0.3) is 0 Å². The molecule has 0 aliphatic heterocycles. The van der Waals surface area contributed by atoms with Gasteiger partial charge in [-0.1, -0.05) is 24.3 Å². The Morgan fingerprint density at radius 1 is 1.33 bits per heavy atom. The first-order valence-corrected chi connectivity index (χ1v) is 7.00. The maximum absolute atomic E-state index is 11.9. The molecule has 0 heterocycles. The van der Waals surface area contributed by atoms with Crippen molar-refractivity contribution in [1.82, 2.24) is 10.6 Å². The van der Waals surface area contributed by atoms with Gasteiger partial charge in [-0.25, -0.2) is 4.79 Å². The maximum atomic E-state index is 11.9. The van der Waals surface area contributed by atoms with E-state index in [2.05, 4.69) is 10.6 Å². The van der Waals surface area contributed by atoms with Crippen LogP contribution in [-0.4, -0.2) is 31.7 Å². The normalized spacial score (nSPS) is 11.7. The summed E-state index contributed by atoms with van der Waals surface area (Å²) in [4.78, 5) is 23.1. The highest BCUT2D eigenvalue weighted by molar-refractivity contribution is 5.78. The molecule has 3 amide bonds. The molecule has 0 saturated heterocycles. The van der Waals surface area contributed by atoms with E-state index in [-0.39, 0.29) is 12.3 Å². The molecule has 1 atom stereocenters. The van der Waals surface area contributed by atoms with Gasteiger partial charge in [0, 0.05) is 13.2 Å². The second-order valence-corrected chi connectivity index (χ2v) is 4.67. The fraction of sp³-hybridized carbons (Fsp3) is 0.467. The molecule has 6 nitrogen and oxygen atoms in total. The fourth-order valence-electron chi connectivity index (χ4n) is 2.05. The van der Waals surface area contributed by atoms with Crippen molar-refractivity contribution in [1.29, 1.82) is 0 Å². The number of ether oxygens (including phenoxy) is 1. The Bertz CT molecular complexity index is 477. The standard InChI is InChI=1S/C15H23N3O3/c1-3-21-9-8-17-14(19)10-13(18-15(16)20)12-7-5-4-6-11(12)2/h4-7,13H,3,8-10H2,1-2H3,(H,17,19)(H3,16,18,20). The molecule has 0 bridgehead atoms. The SMILES string of the molecule is CCOCCNC(=O)CC(NC(N)=O)c1ccccc1C. The van der Waals surface area contributed by atoms with Crippen LogP contribution in [0.4, 0.5) is 4.79 Å². The molecular formula is C15H23N3O3. The second-order valence-electron chi connectivity index (χ2n) is 4.67. The largest absolute Gasteiger partial charge is 0.380 e.